The summed E-state index contributed by atoms with van der Waals surface area (Å²) in [7, 11) is 0. The number of benzene rings is 2. The number of carbonyl (C=O) groups excluding carboxylic acids is 2. The number of ketones is 1. The second kappa shape index (κ2) is 6.71. The van der Waals surface area contributed by atoms with Gasteiger partial charge in [0.15, 0.2) is 23.9 Å². The van der Waals surface area contributed by atoms with E-state index in [9.17, 15) is 9.59 Å². The number of fused-ring (bicyclic) bond motifs is 1. The van der Waals surface area contributed by atoms with Gasteiger partial charge in [0, 0.05) is 10.6 Å². The van der Waals surface area contributed by atoms with Gasteiger partial charge in [-0.2, -0.15) is 0 Å². The molecule has 0 spiro atoms. The Morgan fingerprint density at radius 3 is 2.35 bits per heavy atom. The lowest BCUT2D eigenvalue weighted by molar-refractivity contribution is 0.0474. The molecule has 0 amide bonds. The smallest absolute Gasteiger partial charge is 0.338 e. The summed E-state index contributed by atoms with van der Waals surface area (Å²) in [6, 6.07) is 11.1. The number of Topliss-reactive ketones (excluding diaryl/α,β-unsaturated/α-hetero) is 1. The molecule has 1 aliphatic rings. The van der Waals surface area contributed by atoms with Crippen LogP contribution in [-0.2, 0) is 4.74 Å². The van der Waals surface area contributed by atoms with Gasteiger partial charge in [0.25, 0.3) is 0 Å². The summed E-state index contributed by atoms with van der Waals surface area (Å²) in [5.74, 6) is 0.230. The standard InChI is InChI=1S/C17H13ClO5/c18-13-4-1-11(2-5-13)17(20)23-10-14(19)12-3-6-15-16(9-12)22-8-7-21-15/h1-6,9H,7-8,10H2. The Bertz CT molecular complexity index is 739. The van der Waals surface area contributed by atoms with Crippen molar-refractivity contribution in [1.82, 2.24) is 0 Å². The van der Waals surface area contributed by atoms with Crippen molar-refractivity contribution < 1.29 is 23.8 Å². The maximum Gasteiger partial charge on any atom is 0.338 e. The molecule has 0 radical (unpaired) electrons. The van der Waals surface area contributed by atoms with Gasteiger partial charge in [-0.1, -0.05) is 11.6 Å². The molecule has 0 saturated carbocycles. The lowest BCUT2D eigenvalue weighted by Gasteiger charge is -2.18. The van der Waals surface area contributed by atoms with Crippen molar-refractivity contribution in [3.8, 4) is 11.5 Å². The molecule has 1 aliphatic heterocycles. The Balaban J connectivity index is 1.63. The van der Waals surface area contributed by atoms with Crippen molar-refractivity contribution >= 4 is 23.4 Å². The summed E-state index contributed by atoms with van der Waals surface area (Å²) < 4.78 is 15.8. The van der Waals surface area contributed by atoms with Gasteiger partial charge in [0.05, 0.1) is 5.56 Å². The van der Waals surface area contributed by atoms with Gasteiger partial charge in [-0.15, -0.1) is 0 Å². The molecule has 0 aromatic heterocycles. The largest absolute Gasteiger partial charge is 0.486 e. The van der Waals surface area contributed by atoms with E-state index in [1.807, 2.05) is 0 Å². The number of ether oxygens (including phenoxy) is 3. The molecule has 0 saturated heterocycles. The summed E-state index contributed by atoms with van der Waals surface area (Å²) in [6.07, 6.45) is 0. The van der Waals surface area contributed by atoms with Crippen molar-refractivity contribution in [2.45, 2.75) is 0 Å². The molecule has 1 heterocycles. The molecule has 3 rings (SSSR count). The minimum atomic E-state index is -0.576. The SMILES string of the molecule is O=C(COC(=O)c1ccc(Cl)cc1)c1ccc2c(c1)OCCO2. The van der Waals surface area contributed by atoms with Crippen molar-refractivity contribution in [2.75, 3.05) is 19.8 Å². The highest BCUT2D eigenvalue weighted by Crippen LogP contribution is 2.30. The first-order valence-corrected chi connectivity index (χ1v) is 7.37. The zero-order chi connectivity index (χ0) is 16.2. The van der Waals surface area contributed by atoms with E-state index in [0.29, 0.717) is 40.9 Å². The highest BCUT2D eigenvalue weighted by atomic mass is 35.5. The van der Waals surface area contributed by atoms with E-state index in [-0.39, 0.29) is 12.4 Å². The van der Waals surface area contributed by atoms with E-state index in [1.54, 1.807) is 42.5 Å². The van der Waals surface area contributed by atoms with Crippen LogP contribution in [0.15, 0.2) is 42.5 Å². The monoisotopic (exact) mass is 332 g/mol. The molecule has 2 aromatic carbocycles. The second-order valence-electron chi connectivity index (χ2n) is 4.86. The summed E-state index contributed by atoms with van der Waals surface area (Å²) in [6.45, 7) is 0.580. The molecule has 0 unspecified atom stereocenters. The molecule has 0 atom stereocenters. The fourth-order valence-corrected chi connectivity index (χ4v) is 2.23. The van der Waals surface area contributed by atoms with Crippen LogP contribution in [0.1, 0.15) is 20.7 Å². The quantitative estimate of drug-likeness (QED) is 0.635. The van der Waals surface area contributed by atoms with Crippen molar-refractivity contribution in [1.29, 1.82) is 0 Å². The topological polar surface area (TPSA) is 61.8 Å². The number of rotatable bonds is 4. The molecule has 6 heteroatoms. The van der Waals surface area contributed by atoms with Crippen LogP contribution in [0.4, 0.5) is 0 Å². The molecule has 0 N–H and O–H groups in total. The van der Waals surface area contributed by atoms with Crippen LogP contribution in [0.3, 0.4) is 0 Å². The first-order chi connectivity index (χ1) is 11.1. The van der Waals surface area contributed by atoms with E-state index < -0.39 is 5.97 Å². The maximum absolute atomic E-state index is 12.1. The fourth-order valence-electron chi connectivity index (χ4n) is 2.10. The Hall–Kier alpha value is -2.53. The van der Waals surface area contributed by atoms with E-state index in [4.69, 9.17) is 25.8 Å². The van der Waals surface area contributed by atoms with Crippen LogP contribution in [-0.4, -0.2) is 31.6 Å². The van der Waals surface area contributed by atoms with Crippen LogP contribution in [0.25, 0.3) is 0 Å². The van der Waals surface area contributed by atoms with Gasteiger partial charge < -0.3 is 14.2 Å². The molecule has 0 aliphatic carbocycles. The summed E-state index contributed by atoms with van der Waals surface area (Å²) in [5.41, 5.74) is 0.738. The Labute approximate surface area is 137 Å². The first-order valence-electron chi connectivity index (χ1n) is 6.99. The molecular formula is C17H13ClO5. The van der Waals surface area contributed by atoms with Gasteiger partial charge in [0.2, 0.25) is 0 Å². The summed E-state index contributed by atoms with van der Waals surface area (Å²) >= 11 is 5.75. The van der Waals surface area contributed by atoms with Crippen LogP contribution in [0.2, 0.25) is 5.02 Å². The Morgan fingerprint density at radius 2 is 1.61 bits per heavy atom. The van der Waals surface area contributed by atoms with Gasteiger partial charge in [-0.25, -0.2) is 4.79 Å². The average molecular weight is 333 g/mol. The Morgan fingerprint density at radius 1 is 0.957 bits per heavy atom. The highest BCUT2D eigenvalue weighted by molar-refractivity contribution is 6.30. The molecule has 2 aromatic rings. The van der Waals surface area contributed by atoms with Gasteiger partial charge in [-0.3, -0.25) is 4.79 Å². The molecule has 0 bridgehead atoms. The third-order valence-electron chi connectivity index (χ3n) is 3.28. The number of hydrogen-bond acceptors (Lipinski definition) is 5. The third-order valence-corrected chi connectivity index (χ3v) is 3.53. The summed E-state index contributed by atoms with van der Waals surface area (Å²) in [5, 5.41) is 0.522. The van der Waals surface area contributed by atoms with Crippen molar-refractivity contribution in [2.24, 2.45) is 0 Å². The van der Waals surface area contributed by atoms with Crippen LogP contribution in [0, 0.1) is 0 Å². The van der Waals surface area contributed by atoms with Crippen molar-refractivity contribution in [3.05, 3.63) is 58.6 Å². The van der Waals surface area contributed by atoms with Crippen LogP contribution < -0.4 is 9.47 Å². The number of hydrogen-bond donors (Lipinski definition) is 0. The zero-order valence-electron chi connectivity index (χ0n) is 12.1. The average Bonchev–Trinajstić information content (AvgIpc) is 2.59. The lowest BCUT2D eigenvalue weighted by Crippen LogP contribution is -2.17. The fraction of sp³-hybridized carbons (Fsp3) is 0.176. The lowest BCUT2D eigenvalue weighted by atomic mass is 10.1. The van der Waals surface area contributed by atoms with Crippen LogP contribution >= 0.6 is 11.6 Å². The van der Waals surface area contributed by atoms with Crippen LogP contribution in [0.5, 0.6) is 11.5 Å². The number of halogens is 1. The van der Waals surface area contributed by atoms with Gasteiger partial charge in [0.1, 0.15) is 13.2 Å². The van der Waals surface area contributed by atoms with Crippen molar-refractivity contribution in [3.63, 3.8) is 0 Å². The minimum Gasteiger partial charge on any atom is -0.486 e. The number of esters is 1. The normalized spacial score (nSPS) is 12.6. The predicted octanol–water partition coefficient (Wildman–Crippen LogP) is 3.15. The summed E-state index contributed by atoms with van der Waals surface area (Å²) in [4.78, 5) is 24.0. The molecular weight excluding hydrogens is 320 g/mol. The second-order valence-corrected chi connectivity index (χ2v) is 5.30. The zero-order valence-corrected chi connectivity index (χ0v) is 12.8. The Kier molecular flexibility index (Phi) is 4.48. The van der Waals surface area contributed by atoms with E-state index in [1.165, 1.54) is 0 Å². The first kappa shape index (κ1) is 15.4. The van der Waals surface area contributed by atoms with Gasteiger partial charge >= 0.3 is 5.97 Å². The number of carbonyl (C=O) groups is 2. The third kappa shape index (κ3) is 3.63. The predicted molar refractivity (Wildman–Crippen MR) is 83.5 cm³/mol. The molecule has 0 fully saturated rings. The van der Waals surface area contributed by atoms with E-state index >= 15 is 0 Å². The van der Waals surface area contributed by atoms with Gasteiger partial charge in [-0.05, 0) is 42.5 Å². The molecule has 5 nitrogen and oxygen atoms in total. The molecule has 23 heavy (non-hydrogen) atoms. The highest BCUT2D eigenvalue weighted by Gasteiger charge is 2.16. The molecule has 118 valence electrons. The minimum absolute atomic E-state index is 0.315. The van der Waals surface area contributed by atoms with E-state index in [0.717, 1.165) is 0 Å². The maximum atomic E-state index is 12.1. The van der Waals surface area contributed by atoms with E-state index in [2.05, 4.69) is 0 Å².